The number of aliphatic hydroxyl groups is 1. The van der Waals surface area contributed by atoms with Gasteiger partial charge >= 0.3 is 0 Å². The lowest BCUT2D eigenvalue weighted by Crippen LogP contribution is -2.46. The summed E-state index contributed by atoms with van der Waals surface area (Å²) in [5, 5.41) is 13.9. The molecule has 0 aromatic heterocycles. The van der Waals surface area contributed by atoms with E-state index in [1.165, 1.54) is 173 Å². The Hall–Kier alpha value is -0.760. The summed E-state index contributed by atoms with van der Waals surface area (Å²) < 4.78 is 23.3. The van der Waals surface area contributed by atoms with Gasteiger partial charge in [-0.15, -0.1) is 0 Å². The third-order valence-corrected chi connectivity index (χ3v) is 12.2. The fourth-order valence-electron chi connectivity index (χ4n) is 7.33. The van der Waals surface area contributed by atoms with Crippen LogP contribution in [0.2, 0.25) is 0 Å². The summed E-state index contributed by atoms with van der Waals surface area (Å²) in [6.45, 7) is 4.74. The lowest BCUT2D eigenvalue weighted by Gasteiger charge is -2.30. The first-order chi connectivity index (χ1) is 27.5. The van der Waals surface area contributed by atoms with Crippen LogP contribution in [0.1, 0.15) is 239 Å². The van der Waals surface area contributed by atoms with Crippen LogP contribution < -0.4 is 10.2 Å². The Labute approximate surface area is 354 Å². The molecule has 0 radical (unpaired) electrons. The van der Waals surface area contributed by atoms with Crippen molar-refractivity contribution in [2.75, 3.05) is 40.9 Å². The molecular formula is C48H97N2O6P. The number of hydrogen-bond acceptors (Lipinski definition) is 6. The van der Waals surface area contributed by atoms with Gasteiger partial charge in [0.25, 0.3) is 7.82 Å². The molecule has 0 aliphatic rings. The molecule has 0 fully saturated rings. The molecule has 0 spiro atoms. The summed E-state index contributed by atoms with van der Waals surface area (Å²) >= 11 is 0. The second-order valence-electron chi connectivity index (χ2n) is 18.2. The molecule has 3 atom stereocenters. The van der Waals surface area contributed by atoms with Gasteiger partial charge in [-0.3, -0.25) is 9.36 Å². The first kappa shape index (κ1) is 56.2. The van der Waals surface area contributed by atoms with E-state index in [9.17, 15) is 19.4 Å². The van der Waals surface area contributed by atoms with Crippen LogP contribution in [0.15, 0.2) is 12.2 Å². The lowest BCUT2D eigenvalue weighted by molar-refractivity contribution is -0.870. The van der Waals surface area contributed by atoms with Gasteiger partial charge in [0.05, 0.1) is 39.9 Å². The first-order valence-corrected chi connectivity index (χ1v) is 26.0. The molecule has 0 aromatic carbocycles. The number of carbonyl (C=O) groups is 1. The summed E-state index contributed by atoms with van der Waals surface area (Å²) in [6, 6.07) is -0.797. The van der Waals surface area contributed by atoms with E-state index < -0.39 is 20.0 Å². The van der Waals surface area contributed by atoms with Gasteiger partial charge in [0, 0.05) is 6.42 Å². The number of unbranched alkanes of at least 4 members (excludes halogenated alkanes) is 30. The van der Waals surface area contributed by atoms with Gasteiger partial charge in [-0.1, -0.05) is 206 Å². The van der Waals surface area contributed by atoms with Crippen molar-refractivity contribution in [3.63, 3.8) is 0 Å². The number of likely N-dealkylation sites (N-methyl/N-ethyl adjacent to an activating group) is 1. The van der Waals surface area contributed by atoms with Gasteiger partial charge in [-0.25, -0.2) is 0 Å². The number of carbonyl (C=O) groups excluding carboxylic acids is 1. The fourth-order valence-corrected chi connectivity index (χ4v) is 8.05. The highest BCUT2D eigenvalue weighted by Crippen LogP contribution is 2.38. The van der Waals surface area contributed by atoms with Crippen LogP contribution in [0.25, 0.3) is 0 Å². The molecule has 0 saturated heterocycles. The Bertz CT molecular complexity index is 942. The quantitative estimate of drug-likeness (QED) is 0.0274. The number of phosphoric ester groups is 1. The lowest BCUT2D eigenvalue weighted by atomic mass is 10.0. The van der Waals surface area contributed by atoms with E-state index >= 15 is 0 Å². The van der Waals surface area contributed by atoms with Crippen LogP contribution in [0.4, 0.5) is 0 Å². The first-order valence-electron chi connectivity index (χ1n) is 24.5. The average Bonchev–Trinajstić information content (AvgIpc) is 3.16. The maximum atomic E-state index is 12.9. The van der Waals surface area contributed by atoms with E-state index in [4.69, 9.17) is 9.05 Å². The minimum atomic E-state index is -4.56. The normalized spacial score (nSPS) is 14.3. The van der Waals surface area contributed by atoms with Crippen molar-refractivity contribution in [3.8, 4) is 0 Å². The van der Waals surface area contributed by atoms with Crippen LogP contribution in [-0.4, -0.2) is 68.5 Å². The summed E-state index contributed by atoms with van der Waals surface area (Å²) in [7, 11) is 1.31. The second-order valence-corrected chi connectivity index (χ2v) is 19.6. The predicted molar refractivity (Wildman–Crippen MR) is 242 cm³/mol. The van der Waals surface area contributed by atoms with Crippen molar-refractivity contribution in [1.82, 2.24) is 5.32 Å². The Morgan fingerprint density at radius 1 is 0.596 bits per heavy atom. The van der Waals surface area contributed by atoms with Crippen LogP contribution in [0.5, 0.6) is 0 Å². The van der Waals surface area contributed by atoms with Crippen molar-refractivity contribution >= 4 is 13.7 Å². The number of aliphatic hydroxyl groups excluding tert-OH is 1. The number of nitrogens with zero attached hydrogens (tertiary/aromatic N) is 1. The number of phosphoric acid groups is 1. The van der Waals surface area contributed by atoms with Gasteiger partial charge < -0.3 is 28.8 Å². The van der Waals surface area contributed by atoms with Gasteiger partial charge in [0.15, 0.2) is 0 Å². The van der Waals surface area contributed by atoms with Crippen molar-refractivity contribution < 1.29 is 32.9 Å². The Morgan fingerprint density at radius 2 is 0.965 bits per heavy atom. The number of hydrogen-bond donors (Lipinski definition) is 2. The van der Waals surface area contributed by atoms with E-state index in [0.717, 1.165) is 38.5 Å². The van der Waals surface area contributed by atoms with E-state index in [0.29, 0.717) is 23.9 Å². The average molecular weight is 829 g/mol. The third-order valence-electron chi connectivity index (χ3n) is 11.3. The molecule has 3 unspecified atom stereocenters. The zero-order valence-corrected chi connectivity index (χ0v) is 39.5. The topological polar surface area (TPSA) is 108 Å². The van der Waals surface area contributed by atoms with E-state index in [-0.39, 0.29) is 19.1 Å². The standard InChI is InChI=1S/C48H97N2O6P/c1-6-8-10-12-14-16-18-20-22-23-24-25-26-27-28-30-32-34-36-38-40-42-48(52)49-46(45-56-57(53,54)55-44-43-50(3,4)5)47(51)41-39-37-35-33-31-29-21-19-17-15-13-11-9-7-2/h23-24,46-47,51H,6-22,25-45H2,1-5H3,(H-,49,52,53,54)/b24-23-. The Balaban J connectivity index is 4.24. The van der Waals surface area contributed by atoms with Crippen LogP contribution in [0, 0.1) is 0 Å². The molecule has 340 valence electrons. The van der Waals surface area contributed by atoms with E-state index in [1.807, 2.05) is 21.1 Å². The van der Waals surface area contributed by atoms with Gasteiger partial charge in [-0.05, 0) is 38.5 Å². The molecular weight excluding hydrogens is 732 g/mol. The Kier molecular flexibility index (Phi) is 40.1. The molecule has 0 aliphatic carbocycles. The van der Waals surface area contributed by atoms with Crippen molar-refractivity contribution in [1.29, 1.82) is 0 Å². The molecule has 0 aliphatic heterocycles. The predicted octanol–water partition coefficient (Wildman–Crippen LogP) is 13.3. The van der Waals surface area contributed by atoms with Crippen molar-refractivity contribution in [2.45, 2.75) is 251 Å². The largest absolute Gasteiger partial charge is 0.756 e. The number of quaternary nitrogens is 1. The molecule has 8 nitrogen and oxygen atoms in total. The maximum Gasteiger partial charge on any atom is 0.268 e. The van der Waals surface area contributed by atoms with Crippen molar-refractivity contribution in [3.05, 3.63) is 12.2 Å². The number of nitrogens with one attached hydrogen (secondary N) is 1. The second kappa shape index (κ2) is 40.6. The van der Waals surface area contributed by atoms with Crippen LogP contribution in [-0.2, 0) is 18.4 Å². The zero-order valence-electron chi connectivity index (χ0n) is 38.6. The van der Waals surface area contributed by atoms with E-state index in [1.54, 1.807) is 0 Å². The van der Waals surface area contributed by atoms with Crippen LogP contribution >= 0.6 is 7.82 Å². The SMILES string of the molecule is CCCCCCCCCC/C=C\CCCCCCCCCCCC(=O)NC(COP(=O)([O-])OCC[N+](C)(C)C)C(O)CCCCCCCCCCCCCCCC. The molecule has 1 amide bonds. The zero-order chi connectivity index (χ0) is 42.1. The van der Waals surface area contributed by atoms with Gasteiger partial charge in [0.1, 0.15) is 13.2 Å². The van der Waals surface area contributed by atoms with Gasteiger partial charge in [0.2, 0.25) is 5.91 Å². The van der Waals surface area contributed by atoms with Gasteiger partial charge in [-0.2, -0.15) is 0 Å². The van der Waals surface area contributed by atoms with Crippen LogP contribution in [0.3, 0.4) is 0 Å². The number of amides is 1. The summed E-state index contributed by atoms with van der Waals surface area (Å²) in [5.41, 5.74) is 0. The molecule has 0 saturated carbocycles. The highest BCUT2D eigenvalue weighted by atomic mass is 31.2. The highest BCUT2D eigenvalue weighted by Gasteiger charge is 2.24. The molecule has 57 heavy (non-hydrogen) atoms. The molecule has 0 rings (SSSR count). The smallest absolute Gasteiger partial charge is 0.268 e. The van der Waals surface area contributed by atoms with Crippen molar-refractivity contribution in [2.24, 2.45) is 0 Å². The summed E-state index contributed by atoms with van der Waals surface area (Å²) in [6.07, 6.45) is 46.4. The highest BCUT2D eigenvalue weighted by molar-refractivity contribution is 7.45. The number of allylic oxidation sites excluding steroid dienone is 2. The molecule has 0 bridgehead atoms. The number of rotatable bonds is 45. The molecule has 2 N–H and O–H groups in total. The summed E-state index contributed by atoms with van der Waals surface area (Å²) in [4.78, 5) is 25.4. The molecule has 9 heteroatoms. The minimum absolute atomic E-state index is 0.0139. The third kappa shape index (κ3) is 43.1. The Morgan fingerprint density at radius 3 is 1.37 bits per heavy atom. The van der Waals surface area contributed by atoms with E-state index in [2.05, 4.69) is 31.3 Å². The maximum absolute atomic E-state index is 12.9. The fraction of sp³-hybridized carbons (Fsp3) is 0.938. The molecule has 0 heterocycles. The summed E-state index contributed by atoms with van der Waals surface area (Å²) in [5.74, 6) is -0.165. The monoisotopic (exact) mass is 829 g/mol. The minimum Gasteiger partial charge on any atom is -0.756 e. The molecule has 0 aromatic rings.